The second-order valence-corrected chi connectivity index (χ2v) is 3.32. The highest BCUT2D eigenvalue weighted by Crippen LogP contribution is 2.21. The van der Waals surface area contributed by atoms with Gasteiger partial charge in [0.05, 0.1) is 6.20 Å². The third-order valence-corrected chi connectivity index (χ3v) is 2.10. The molecule has 1 aromatic carbocycles. The average molecular weight is 204 g/mol. The lowest BCUT2D eigenvalue weighted by molar-refractivity contribution is 0.630. The number of H-pyrrole nitrogens is 1. The third-order valence-electron chi connectivity index (χ3n) is 2.10. The molecule has 0 saturated carbocycles. The van der Waals surface area contributed by atoms with Gasteiger partial charge in [0.2, 0.25) is 0 Å². The van der Waals surface area contributed by atoms with E-state index in [0.29, 0.717) is 11.1 Å². The summed E-state index contributed by atoms with van der Waals surface area (Å²) in [5.41, 5.74) is 1.48. The Hall–Kier alpha value is -1.97. The Kier molecular flexibility index (Phi) is 2.33. The molecule has 2 rings (SSSR count). The number of aryl methyl sites for hydroxylation is 1. The second-order valence-electron chi connectivity index (χ2n) is 3.32. The summed E-state index contributed by atoms with van der Waals surface area (Å²) in [6.07, 6.45) is 1.43. The van der Waals surface area contributed by atoms with Gasteiger partial charge in [-0.2, -0.15) is 5.10 Å². The van der Waals surface area contributed by atoms with E-state index >= 15 is 0 Å². The first-order valence-electron chi connectivity index (χ1n) is 4.48. The number of nitrogens with zero attached hydrogens (tertiary/aromatic N) is 1. The first-order valence-corrected chi connectivity index (χ1v) is 4.48. The fraction of sp³-hybridized carbons (Fsp3) is 0.0909. The Balaban J connectivity index is 2.63. The summed E-state index contributed by atoms with van der Waals surface area (Å²) < 4.78 is 13.4. The zero-order chi connectivity index (χ0) is 10.8. The molecule has 0 radical (unpaired) electrons. The number of benzene rings is 1. The molecule has 4 heteroatoms. The number of hydrogen-bond acceptors (Lipinski definition) is 2. The van der Waals surface area contributed by atoms with Crippen LogP contribution in [0.4, 0.5) is 4.39 Å². The number of aromatic nitrogens is 2. The van der Waals surface area contributed by atoms with Crippen LogP contribution in [0.1, 0.15) is 5.56 Å². The van der Waals surface area contributed by atoms with Gasteiger partial charge in [-0.3, -0.25) is 4.79 Å². The molecule has 0 fully saturated rings. The minimum atomic E-state index is -0.354. The Morgan fingerprint density at radius 1 is 1.33 bits per heavy atom. The topological polar surface area (TPSA) is 45.8 Å². The minimum absolute atomic E-state index is 0.339. The Labute approximate surface area is 85.6 Å². The van der Waals surface area contributed by atoms with E-state index in [2.05, 4.69) is 10.2 Å². The fourth-order valence-electron chi connectivity index (χ4n) is 1.38. The van der Waals surface area contributed by atoms with Crippen LogP contribution in [-0.4, -0.2) is 10.2 Å². The number of nitrogens with one attached hydrogen (secondary N) is 1. The van der Waals surface area contributed by atoms with Crippen molar-refractivity contribution in [2.45, 2.75) is 6.92 Å². The van der Waals surface area contributed by atoms with Crippen LogP contribution in [0, 0.1) is 12.7 Å². The van der Waals surface area contributed by atoms with Crippen LogP contribution in [0.2, 0.25) is 0 Å². The molecule has 0 aliphatic heterocycles. The van der Waals surface area contributed by atoms with E-state index in [0.717, 1.165) is 5.56 Å². The molecule has 0 aliphatic rings. The molecule has 3 nitrogen and oxygen atoms in total. The standard InChI is InChI=1S/C11H9FN2O/c1-7-2-3-10(12)9(4-7)8-5-11(15)14-13-6-8/h2-6H,1H3,(H,14,15). The molecule has 0 bridgehead atoms. The molecular formula is C11H9FN2O. The molecule has 0 unspecified atom stereocenters. The number of hydrogen-bond donors (Lipinski definition) is 1. The summed E-state index contributed by atoms with van der Waals surface area (Å²) in [7, 11) is 0. The van der Waals surface area contributed by atoms with Crippen molar-refractivity contribution in [1.82, 2.24) is 10.2 Å². The van der Waals surface area contributed by atoms with Crippen LogP contribution in [0.5, 0.6) is 0 Å². The molecular weight excluding hydrogens is 195 g/mol. The molecule has 0 spiro atoms. The lowest BCUT2D eigenvalue weighted by Crippen LogP contribution is -2.05. The van der Waals surface area contributed by atoms with Gasteiger partial charge in [0.25, 0.3) is 5.56 Å². The molecule has 2 aromatic rings. The summed E-state index contributed by atoms with van der Waals surface area (Å²) in [6.45, 7) is 1.86. The molecule has 1 N–H and O–H groups in total. The van der Waals surface area contributed by atoms with Gasteiger partial charge in [-0.15, -0.1) is 0 Å². The van der Waals surface area contributed by atoms with Gasteiger partial charge in [-0.25, -0.2) is 9.49 Å². The van der Waals surface area contributed by atoms with Crippen molar-refractivity contribution in [3.05, 3.63) is 52.2 Å². The van der Waals surface area contributed by atoms with Crippen LogP contribution >= 0.6 is 0 Å². The minimum Gasteiger partial charge on any atom is -0.268 e. The average Bonchev–Trinajstić information content (AvgIpc) is 2.22. The van der Waals surface area contributed by atoms with Crippen LogP contribution in [0.3, 0.4) is 0 Å². The van der Waals surface area contributed by atoms with E-state index in [1.54, 1.807) is 12.1 Å². The Morgan fingerprint density at radius 2 is 2.13 bits per heavy atom. The SMILES string of the molecule is Cc1ccc(F)c(-c2cn[nH]c(=O)c2)c1. The van der Waals surface area contributed by atoms with E-state index in [1.165, 1.54) is 18.3 Å². The number of aromatic amines is 1. The van der Waals surface area contributed by atoms with Crippen molar-refractivity contribution >= 4 is 0 Å². The lowest BCUT2D eigenvalue weighted by atomic mass is 10.1. The molecule has 76 valence electrons. The van der Waals surface area contributed by atoms with Crippen molar-refractivity contribution in [2.75, 3.05) is 0 Å². The highest BCUT2D eigenvalue weighted by atomic mass is 19.1. The maximum absolute atomic E-state index is 13.4. The van der Waals surface area contributed by atoms with Gasteiger partial charge in [0.1, 0.15) is 5.82 Å². The van der Waals surface area contributed by atoms with E-state index in [-0.39, 0.29) is 11.4 Å². The van der Waals surface area contributed by atoms with E-state index < -0.39 is 0 Å². The van der Waals surface area contributed by atoms with Gasteiger partial charge in [0.15, 0.2) is 0 Å². The number of halogens is 1. The van der Waals surface area contributed by atoms with Gasteiger partial charge in [0, 0.05) is 17.2 Å². The normalized spacial score (nSPS) is 10.3. The Bertz CT molecular complexity index is 548. The summed E-state index contributed by atoms with van der Waals surface area (Å²) in [5.74, 6) is -0.354. The van der Waals surface area contributed by atoms with Crippen molar-refractivity contribution in [3.63, 3.8) is 0 Å². The van der Waals surface area contributed by atoms with E-state index in [4.69, 9.17) is 0 Å². The van der Waals surface area contributed by atoms with Gasteiger partial charge in [-0.05, 0) is 19.1 Å². The molecule has 0 amide bonds. The Morgan fingerprint density at radius 3 is 2.87 bits per heavy atom. The summed E-state index contributed by atoms with van der Waals surface area (Å²) in [5, 5.41) is 5.87. The maximum Gasteiger partial charge on any atom is 0.264 e. The largest absolute Gasteiger partial charge is 0.268 e. The molecule has 1 aromatic heterocycles. The predicted molar refractivity (Wildman–Crippen MR) is 55.0 cm³/mol. The maximum atomic E-state index is 13.4. The van der Waals surface area contributed by atoms with Crippen molar-refractivity contribution in [2.24, 2.45) is 0 Å². The van der Waals surface area contributed by atoms with Gasteiger partial charge in [-0.1, -0.05) is 11.6 Å². The first-order chi connectivity index (χ1) is 7.16. The second kappa shape index (κ2) is 3.65. The van der Waals surface area contributed by atoms with Gasteiger partial charge >= 0.3 is 0 Å². The third kappa shape index (κ3) is 1.93. The van der Waals surface area contributed by atoms with Crippen LogP contribution < -0.4 is 5.56 Å². The summed E-state index contributed by atoms with van der Waals surface area (Å²) in [6, 6.07) is 6.07. The zero-order valence-electron chi connectivity index (χ0n) is 8.12. The van der Waals surface area contributed by atoms with Crippen molar-refractivity contribution in [1.29, 1.82) is 0 Å². The molecule has 0 saturated heterocycles. The van der Waals surface area contributed by atoms with Crippen molar-refractivity contribution < 1.29 is 4.39 Å². The summed E-state index contributed by atoms with van der Waals surface area (Å²) in [4.78, 5) is 11.0. The molecule has 1 heterocycles. The highest BCUT2D eigenvalue weighted by Gasteiger charge is 2.05. The van der Waals surface area contributed by atoms with Crippen LogP contribution in [-0.2, 0) is 0 Å². The highest BCUT2D eigenvalue weighted by molar-refractivity contribution is 5.63. The van der Waals surface area contributed by atoms with Crippen molar-refractivity contribution in [3.8, 4) is 11.1 Å². The quantitative estimate of drug-likeness (QED) is 0.770. The van der Waals surface area contributed by atoms with Crippen LogP contribution in [0.15, 0.2) is 35.3 Å². The first kappa shape index (κ1) is 9.58. The van der Waals surface area contributed by atoms with E-state index in [9.17, 15) is 9.18 Å². The number of rotatable bonds is 1. The fourth-order valence-corrected chi connectivity index (χ4v) is 1.38. The smallest absolute Gasteiger partial charge is 0.264 e. The lowest BCUT2D eigenvalue weighted by Gasteiger charge is -2.03. The zero-order valence-corrected chi connectivity index (χ0v) is 8.12. The van der Waals surface area contributed by atoms with E-state index in [1.807, 2.05) is 6.92 Å². The molecule has 15 heavy (non-hydrogen) atoms. The monoisotopic (exact) mass is 204 g/mol. The molecule has 0 aliphatic carbocycles. The van der Waals surface area contributed by atoms with Crippen LogP contribution in [0.25, 0.3) is 11.1 Å². The van der Waals surface area contributed by atoms with Gasteiger partial charge < -0.3 is 0 Å². The molecule has 0 atom stereocenters. The predicted octanol–water partition coefficient (Wildman–Crippen LogP) is 1.88. The summed E-state index contributed by atoms with van der Waals surface area (Å²) >= 11 is 0.